The summed E-state index contributed by atoms with van der Waals surface area (Å²) >= 11 is 3.49. The van der Waals surface area contributed by atoms with Crippen molar-refractivity contribution >= 4 is 26.7 Å². The van der Waals surface area contributed by atoms with Gasteiger partial charge in [0.2, 0.25) is 0 Å². The second kappa shape index (κ2) is 4.30. The lowest BCUT2D eigenvalue weighted by molar-refractivity contribution is 1.36. The fourth-order valence-electron chi connectivity index (χ4n) is 1.88. The van der Waals surface area contributed by atoms with Gasteiger partial charge >= 0.3 is 0 Å². The van der Waals surface area contributed by atoms with Crippen LogP contribution in [0, 0.1) is 0 Å². The van der Waals surface area contributed by atoms with Gasteiger partial charge in [-0.3, -0.25) is 4.98 Å². The summed E-state index contributed by atoms with van der Waals surface area (Å²) in [5.74, 6) is 0. The van der Waals surface area contributed by atoms with Gasteiger partial charge < -0.3 is 0 Å². The molecule has 0 spiro atoms. The van der Waals surface area contributed by atoms with Crippen molar-refractivity contribution in [2.45, 2.75) is 0 Å². The van der Waals surface area contributed by atoms with E-state index in [4.69, 9.17) is 0 Å². The minimum Gasteiger partial charge on any atom is -0.256 e. The van der Waals surface area contributed by atoms with Crippen LogP contribution in [0.2, 0.25) is 0 Å². The predicted molar refractivity (Wildman–Crippen MR) is 74.9 cm³/mol. The van der Waals surface area contributed by atoms with Gasteiger partial charge in [0.05, 0.1) is 5.69 Å². The van der Waals surface area contributed by atoms with Crippen molar-refractivity contribution in [1.82, 2.24) is 4.98 Å². The molecule has 0 saturated carbocycles. The number of aromatic nitrogens is 1. The molecule has 82 valence electrons. The highest BCUT2D eigenvalue weighted by atomic mass is 79.9. The molecule has 2 aromatic carbocycles. The third kappa shape index (κ3) is 2.08. The van der Waals surface area contributed by atoms with Crippen LogP contribution in [0.5, 0.6) is 0 Å². The maximum atomic E-state index is 4.49. The molecule has 1 heterocycles. The van der Waals surface area contributed by atoms with Crippen LogP contribution >= 0.6 is 15.9 Å². The number of benzene rings is 2. The zero-order valence-corrected chi connectivity index (χ0v) is 10.7. The molecule has 1 aromatic heterocycles. The van der Waals surface area contributed by atoms with Crippen LogP contribution in [-0.2, 0) is 0 Å². The van der Waals surface area contributed by atoms with Gasteiger partial charge in [-0.15, -0.1) is 0 Å². The van der Waals surface area contributed by atoms with E-state index >= 15 is 0 Å². The Labute approximate surface area is 108 Å². The first-order chi connectivity index (χ1) is 8.33. The molecule has 3 aromatic rings. The first-order valence-electron chi connectivity index (χ1n) is 5.44. The predicted octanol–water partition coefficient (Wildman–Crippen LogP) is 4.66. The molecule has 0 aliphatic rings. The Morgan fingerprint density at radius 1 is 0.824 bits per heavy atom. The number of hydrogen-bond acceptors (Lipinski definition) is 1. The Hall–Kier alpha value is -1.67. The second-order valence-electron chi connectivity index (χ2n) is 3.93. The van der Waals surface area contributed by atoms with Gasteiger partial charge in [-0.2, -0.15) is 0 Å². The number of fused-ring (bicyclic) bond motifs is 1. The lowest BCUT2D eigenvalue weighted by Crippen LogP contribution is -1.83. The molecule has 2 heteroatoms. The van der Waals surface area contributed by atoms with Crippen molar-refractivity contribution in [2.24, 2.45) is 0 Å². The van der Waals surface area contributed by atoms with Gasteiger partial charge in [0.1, 0.15) is 0 Å². The molecule has 0 N–H and O–H groups in total. The fourth-order valence-corrected chi connectivity index (χ4v) is 2.26. The lowest BCUT2D eigenvalue weighted by atomic mass is 10.1. The van der Waals surface area contributed by atoms with Gasteiger partial charge in [0, 0.05) is 21.6 Å². The number of halogens is 1. The minimum atomic E-state index is 1.01. The molecular weight excluding hydrogens is 274 g/mol. The highest BCUT2D eigenvalue weighted by Crippen LogP contribution is 2.24. The largest absolute Gasteiger partial charge is 0.256 e. The maximum Gasteiger partial charge on any atom is 0.0708 e. The monoisotopic (exact) mass is 283 g/mol. The van der Waals surface area contributed by atoms with Crippen molar-refractivity contribution < 1.29 is 0 Å². The summed E-state index contributed by atoms with van der Waals surface area (Å²) in [6, 6.07) is 18.6. The molecule has 0 radical (unpaired) electrons. The van der Waals surface area contributed by atoms with Crippen molar-refractivity contribution in [3.05, 3.63) is 65.3 Å². The van der Waals surface area contributed by atoms with E-state index in [1.165, 1.54) is 5.39 Å². The molecule has 3 rings (SSSR count). The Balaban J connectivity index is 2.19. The third-order valence-electron chi connectivity index (χ3n) is 2.75. The molecule has 0 aliphatic heterocycles. The zero-order valence-electron chi connectivity index (χ0n) is 9.10. The van der Waals surface area contributed by atoms with Crippen LogP contribution in [0.1, 0.15) is 0 Å². The Kier molecular flexibility index (Phi) is 2.65. The molecule has 0 unspecified atom stereocenters. The van der Waals surface area contributed by atoms with E-state index in [0.29, 0.717) is 0 Å². The molecule has 0 saturated heterocycles. The molecule has 1 nitrogen and oxygen atoms in total. The van der Waals surface area contributed by atoms with Crippen LogP contribution < -0.4 is 0 Å². The minimum absolute atomic E-state index is 1.01. The fraction of sp³-hybridized carbons (Fsp3) is 0. The summed E-state index contributed by atoms with van der Waals surface area (Å²) in [4.78, 5) is 4.49. The summed E-state index contributed by atoms with van der Waals surface area (Å²) in [5, 5.41) is 2.36. The molecule has 0 fully saturated rings. The third-order valence-corrected chi connectivity index (χ3v) is 3.25. The van der Waals surface area contributed by atoms with Gasteiger partial charge in [0.15, 0.2) is 0 Å². The Morgan fingerprint density at radius 3 is 2.47 bits per heavy atom. The van der Waals surface area contributed by atoms with Gasteiger partial charge in [0.25, 0.3) is 0 Å². The van der Waals surface area contributed by atoms with E-state index in [0.717, 1.165) is 21.1 Å². The topological polar surface area (TPSA) is 12.9 Å². The first kappa shape index (κ1) is 10.5. The van der Waals surface area contributed by atoms with Crippen LogP contribution in [0.25, 0.3) is 22.0 Å². The molecule has 0 bridgehead atoms. The summed E-state index contributed by atoms with van der Waals surface area (Å²) in [6.45, 7) is 0. The van der Waals surface area contributed by atoms with Crippen LogP contribution in [0.15, 0.2) is 65.3 Å². The molecule has 0 aliphatic carbocycles. The zero-order chi connectivity index (χ0) is 11.7. The molecule has 17 heavy (non-hydrogen) atoms. The van der Waals surface area contributed by atoms with E-state index in [1.54, 1.807) is 0 Å². The number of hydrogen-bond donors (Lipinski definition) is 0. The number of nitrogens with zero attached hydrogens (tertiary/aromatic N) is 1. The SMILES string of the molecule is Brc1ccc2cnc(-c3ccccc3)cc2c1. The average Bonchev–Trinajstić information content (AvgIpc) is 2.39. The van der Waals surface area contributed by atoms with Crippen molar-refractivity contribution in [2.75, 3.05) is 0 Å². The van der Waals surface area contributed by atoms with Crippen molar-refractivity contribution in [3.63, 3.8) is 0 Å². The van der Waals surface area contributed by atoms with Crippen LogP contribution in [-0.4, -0.2) is 4.98 Å². The average molecular weight is 284 g/mol. The lowest BCUT2D eigenvalue weighted by Gasteiger charge is -2.03. The highest BCUT2D eigenvalue weighted by molar-refractivity contribution is 9.10. The van der Waals surface area contributed by atoms with Crippen LogP contribution in [0.3, 0.4) is 0 Å². The summed E-state index contributed by atoms with van der Waals surface area (Å²) in [5.41, 5.74) is 2.16. The van der Waals surface area contributed by atoms with E-state index in [9.17, 15) is 0 Å². The van der Waals surface area contributed by atoms with E-state index in [2.05, 4.69) is 51.2 Å². The van der Waals surface area contributed by atoms with Gasteiger partial charge in [-0.05, 0) is 23.6 Å². The quantitative estimate of drug-likeness (QED) is 0.633. The first-order valence-corrected chi connectivity index (χ1v) is 6.23. The molecular formula is C15H10BrN. The summed E-state index contributed by atoms with van der Waals surface area (Å²) in [7, 11) is 0. The number of rotatable bonds is 1. The van der Waals surface area contributed by atoms with Gasteiger partial charge in [-0.25, -0.2) is 0 Å². The van der Waals surface area contributed by atoms with E-state index in [-0.39, 0.29) is 0 Å². The van der Waals surface area contributed by atoms with E-state index < -0.39 is 0 Å². The van der Waals surface area contributed by atoms with E-state index in [1.807, 2.05) is 30.5 Å². The Morgan fingerprint density at radius 2 is 1.65 bits per heavy atom. The normalized spacial score (nSPS) is 10.6. The standard InChI is InChI=1S/C15H10BrN/c16-14-7-6-12-10-17-15(9-13(12)8-14)11-4-2-1-3-5-11/h1-10H. The Bertz CT molecular complexity index is 662. The summed E-state index contributed by atoms with van der Waals surface area (Å²) < 4.78 is 1.09. The second-order valence-corrected chi connectivity index (χ2v) is 4.84. The molecule has 0 atom stereocenters. The van der Waals surface area contributed by atoms with Crippen LogP contribution in [0.4, 0.5) is 0 Å². The van der Waals surface area contributed by atoms with Crippen molar-refractivity contribution in [3.8, 4) is 11.3 Å². The smallest absolute Gasteiger partial charge is 0.0708 e. The number of pyridine rings is 1. The van der Waals surface area contributed by atoms with Gasteiger partial charge in [-0.1, -0.05) is 52.3 Å². The summed E-state index contributed by atoms with van der Waals surface area (Å²) in [6.07, 6.45) is 1.92. The highest BCUT2D eigenvalue weighted by Gasteiger charge is 2.00. The molecule has 0 amide bonds. The maximum absolute atomic E-state index is 4.49. The van der Waals surface area contributed by atoms with Crippen molar-refractivity contribution in [1.29, 1.82) is 0 Å².